The molecule has 23 heavy (non-hydrogen) atoms. The minimum atomic E-state index is 0.0678. The summed E-state index contributed by atoms with van der Waals surface area (Å²) in [7, 11) is 0. The van der Waals surface area contributed by atoms with Gasteiger partial charge in [-0.3, -0.25) is 9.59 Å². The molecule has 0 aromatic heterocycles. The molecule has 1 aromatic carbocycles. The molecule has 0 atom stereocenters. The van der Waals surface area contributed by atoms with Gasteiger partial charge < -0.3 is 9.80 Å². The Hall–Kier alpha value is -1.84. The lowest BCUT2D eigenvalue weighted by Gasteiger charge is -2.34. The third-order valence-corrected chi connectivity index (χ3v) is 4.68. The molecule has 1 saturated heterocycles. The van der Waals surface area contributed by atoms with Crippen LogP contribution < -0.4 is 0 Å². The second-order valence-electron chi connectivity index (χ2n) is 6.45. The standard InChI is InChI=1S/C19H28N2O2/c1-5-20(6-2)18(22)16-7-9-21(10-8-16)19(23)17-12-14(3)11-15(4)13-17/h11-13,16H,5-10H2,1-4H3. The second kappa shape index (κ2) is 7.62. The van der Waals surface area contributed by atoms with Crippen molar-refractivity contribution in [3.05, 3.63) is 34.9 Å². The molecule has 0 radical (unpaired) electrons. The Balaban J connectivity index is 1.98. The van der Waals surface area contributed by atoms with E-state index in [9.17, 15) is 9.59 Å². The van der Waals surface area contributed by atoms with Crippen molar-refractivity contribution in [2.45, 2.75) is 40.5 Å². The predicted molar refractivity (Wildman–Crippen MR) is 92.5 cm³/mol. The van der Waals surface area contributed by atoms with Crippen molar-refractivity contribution in [1.29, 1.82) is 0 Å². The van der Waals surface area contributed by atoms with E-state index >= 15 is 0 Å². The second-order valence-corrected chi connectivity index (χ2v) is 6.45. The fourth-order valence-electron chi connectivity index (χ4n) is 3.40. The zero-order valence-corrected chi connectivity index (χ0v) is 14.8. The minimum absolute atomic E-state index is 0.0678. The fraction of sp³-hybridized carbons (Fsp3) is 0.579. The summed E-state index contributed by atoms with van der Waals surface area (Å²) in [6.45, 7) is 10.9. The van der Waals surface area contributed by atoms with E-state index in [0.717, 1.165) is 42.6 Å². The Morgan fingerprint density at radius 2 is 1.57 bits per heavy atom. The van der Waals surface area contributed by atoms with Crippen molar-refractivity contribution >= 4 is 11.8 Å². The summed E-state index contributed by atoms with van der Waals surface area (Å²) in [5, 5.41) is 0. The summed E-state index contributed by atoms with van der Waals surface area (Å²) in [5.41, 5.74) is 2.98. The van der Waals surface area contributed by atoms with Crippen molar-refractivity contribution in [2.24, 2.45) is 5.92 Å². The number of aryl methyl sites for hydroxylation is 2. The molecule has 1 heterocycles. The average Bonchev–Trinajstić information content (AvgIpc) is 2.54. The number of amides is 2. The maximum absolute atomic E-state index is 12.7. The van der Waals surface area contributed by atoms with Crippen LogP contribution in [0, 0.1) is 19.8 Å². The molecule has 4 nitrogen and oxygen atoms in total. The average molecular weight is 316 g/mol. The van der Waals surface area contributed by atoms with Gasteiger partial charge in [0.05, 0.1) is 0 Å². The highest BCUT2D eigenvalue weighted by molar-refractivity contribution is 5.94. The molecule has 2 rings (SSSR count). The first-order chi connectivity index (χ1) is 11.0. The van der Waals surface area contributed by atoms with Gasteiger partial charge in [0, 0.05) is 37.7 Å². The molecule has 1 aromatic rings. The van der Waals surface area contributed by atoms with Crippen LogP contribution in [0.1, 0.15) is 48.2 Å². The number of carbonyl (C=O) groups is 2. The van der Waals surface area contributed by atoms with Gasteiger partial charge >= 0.3 is 0 Å². The molecule has 1 aliphatic rings. The number of likely N-dealkylation sites (tertiary alicyclic amines) is 1. The van der Waals surface area contributed by atoms with Crippen LogP contribution in [0.4, 0.5) is 0 Å². The Kier molecular flexibility index (Phi) is 5.80. The van der Waals surface area contributed by atoms with Gasteiger partial charge in [-0.15, -0.1) is 0 Å². The van der Waals surface area contributed by atoms with Gasteiger partial charge in [0.25, 0.3) is 5.91 Å². The zero-order valence-electron chi connectivity index (χ0n) is 14.8. The Morgan fingerprint density at radius 3 is 2.04 bits per heavy atom. The Labute approximate surface area is 139 Å². The van der Waals surface area contributed by atoms with Crippen LogP contribution in [0.3, 0.4) is 0 Å². The van der Waals surface area contributed by atoms with E-state index < -0.39 is 0 Å². The van der Waals surface area contributed by atoms with Crippen molar-refractivity contribution < 1.29 is 9.59 Å². The summed E-state index contributed by atoms with van der Waals surface area (Å²) in [4.78, 5) is 28.9. The highest BCUT2D eigenvalue weighted by Crippen LogP contribution is 2.22. The number of piperidine rings is 1. The molecular formula is C19H28N2O2. The quantitative estimate of drug-likeness (QED) is 0.856. The van der Waals surface area contributed by atoms with Gasteiger partial charge in [0.15, 0.2) is 0 Å². The molecule has 0 spiro atoms. The van der Waals surface area contributed by atoms with Gasteiger partial charge in [-0.2, -0.15) is 0 Å². The molecule has 0 unspecified atom stereocenters. The number of benzene rings is 1. The first kappa shape index (κ1) is 17.5. The summed E-state index contributed by atoms with van der Waals surface area (Å²) < 4.78 is 0. The van der Waals surface area contributed by atoms with Gasteiger partial charge in [-0.25, -0.2) is 0 Å². The molecule has 126 valence electrons. The number of rotatable bonds is 4. The van der Waals surface area contributed by atoms with Crippen molar-refractivity contribution in [3.8, 4) is 0 Å². The van der Waals surface area contributed by atoms with E-state index in [4.69, 9.17) is 0 Å². The molecule has 0 aliphatic carbocycles. The largest absolute Gasteiger partial charge is 0.343 e. The lowest BCUT2D eigenvalue weighted by atomic mass is 9.94. The molecule has 1 fully saturated rings. The third kappa shape index (κ3) is 4.12. The van der Waals surface area contributed by atoms with Gasteiger partial charge in [-0.05, 0) is 52.7 Å². The van der Waals surface area contributed by atoms with E-state index in [-0.39, 0.29) is 17.7 Å². The summed E-state index contributed by atoms with van der Waals surface area (Å²) >= 11 is 0. The molecule has 0 bridgehead atoms. The lowest BCUT2D eigenvalue weighted by molar-refractivity contribution is -0.136. The molecule has 4 heteroatoms. The van der Waals surface area contributed by atoms with Crippen molar-refractivity contribution in [2.75, 3.05) is 26.2 Å². The van der Waals surface area contributed by atoms with Crippen LogP contribution in [-0.4, -0.2) is 47.8 Å². The van der Waals surface area contributed by atoms with Crippen LogP contribution in [0.25, 0.3) is 0 Å². The Bertz CT molecular complexity index is 550. The molecule has 0 N–H and O–H groups in total. The maximum atomic E-state index is 12.7. The maximum Gasteiger partial charge on any atom is 0.253 e. The third-order valence-electron chi connectivity index (χ3n) is 4.68. The SMILES string of the molecule is CCN(CC)C(=O)C1CCN(C(=O)c2cc(C)cc(C)c2)CC1. The van der Waals surface area contributed by atoms with E-state index in [1.165, 1.54) is 0 Å². The number of hydrogen-bond acceptors (Lipinski definition) is 2. The molecule has 0 saturated carbocycles. The highest BCUT2D eigenvalue weighted by atomic mass is 16.2. The van der Waals surface area contributed by atoms with Gasteiger partial charge in [0.2, 0.25) is 5.91 Å². The first-order valence-electron chi connectivity index (χ1n) is 8.62. The van der Waals surface area contributed by atoms with Crippen LogP contribution in [0.2, 0.25) is 0 Å². The van der Waals surface area contributed by atoms with Crippen LogP contribution >= 0.6 is 0 Å². The van der Waals surface area contributed by atoms with Crippen LogP contribution in [0.5, 0.6) is 0 Å². The molecular weight excluding hydrogens is 288 g/mol. The van der Waals surface area contributed by atoms with Gasteiger partial charge in [-0.1, -0.05) is 17.2 Å². The number of nitrogens with zero attached hydrogens (tertiary/aromatic N) is 2. The number of hydrogen-bond donors (Lipinski definition) is 0. The van der Waals surface area contributed by atoms with Crippen LogP contribution in [0.15, 0.2) is 18.2 Å². The van der Waals surface area contributed by atoms with Gasteiger partial charge in [0.1, 0.15) is 0 Å². The summed E-state index contributed by atoms with van der Waals surface area (Å²) in [6.07, 6.45) is 1.54. The summed E-state index contributed by atoms with van der Waals surface area (Å²) in [5.74, 6) is 0.400. The zero-order chi connectivity index (χ0) is 17.0. The van der Waals surface area contributed by atoms with E-state index in [0.29, 0.717) is 13.1 Å². The van der Waals surface area contributed by atoms with Crippen molar-refractivity contribution in [3.63, 3.8) is 0 Å². The highest BCUT2D eigenvalue weighted by Gasteiger charge is 2.29. The smallest absolute Gasteiger partial charge is 0.253 e. The monoisotopic (exact) mass is 316 g/mol. The lowest BCUT2D eigenvalue weighted by Crippen LogP contribution is -2.44. The van der Waals surface area contributed by atoms with E-state index in [2.05, 4.69) is 6.07 Å². The predicted octanol–water partition coefficient (Wildman–Crippen LogP) is 3.02. The normalized spacial score (nSPS) is 15.6. The van der Waals surface area contributed by atoms with E-state index in [1.54, 1.807) is 0 Å². The fourth-order valence-corrected chi connectivity index (χ4v) is 3.40. The summed E-state index contributed by atoms with van der Waals surface area (Å²) in [6, 6.07) is 5.97. The van der Waals surface area contributed by atoms with Crippen molar-refractivity contribution in [1.82, 2.24) is 9.80 Å². The van der Waals surface area contributed by atoms with E-state index in [1.807, 2.05) is 49.6 Å². The Morgan fingerprint density at radius 1 is 1.04 bits per heavy atom. The van der Waals surface area contributed by atoms with Crippen LogP contribution in [-0.2, 0) is 4.79 Å². The topological polar surface area (TPSA) is 40.6 Å². The minimum Gasteiger partial charge on any atom is -0.343 e. The number of carbonyl (C=O) groups excluding carboxylic acids is 2. The molecule has 2 amide bonds. The first-order valence-corrected chi connectivity index (χ1v) is 8.62. The molecule has 1 aliphatic heterocycles.